The minimum atomic E-state index is -1.26. The molecule has 0 bridgehead atoms. The Morgan fingerprint density at radius 1 is 0.900 bits per heavy atom. The van der Waals surface area contributed by atoms with E-state index in [1.165, 1.54) is 25.1 Å². The highest BCUT2D eigenvalue weighted by atomic mass is 19.1. The molecule has 0 radical (unpaired) electrons. The van der Waals surface area contributed by atoms with Gasteiger partial charge in [0.1, 0.15) is 29.7 Å². The predicted octanol–water partition coefficient (Wildman–Crippen LogP) is 4.73. The van der Waals surface area contributed by atoms with Crippen LogP contribution in [0.25, 0.3) is 0 Å². The van der Waals surface area contributed by atoms with Gasteiger partial charge in [-0.3, -0.25) is 4.79 Å². The van der Waals surface area contributed by atoms with Crippen LogP contribution in [0.15, 0.2) is 72.8 Å². The highest BCUT2D eigenvalue weighted by Crippen LogP contribution is 2.19. The second-order valence-electron chi connectivity index (χ2n) is 6.43. The molecule has 3 aromatic rings. The zero-order chi connectivity index (χ0) is 21.5. The molecule has 0 heterocycles. The van der Waals surface area contributed by atoms with Gasteiger partial charge in [-0.1, -0.05) is 36.4 Å². The van der Waals surface area contributed by atoms with E-state index in [2.05, 4.69) is 5.32 Å². The highest BCUT2D eigenvalue weighted by molar-refractivity contribution is 5.97. The molecule has 30 heavy (non-hydrogen) atoms. The fourth-order valence-corrected chi connectivity index (χ4v) is 2.55. The number of carbonyl (C=O) groups excluding carboxylic acids is 2. The standard InChI is InChI=1S/C23H19F2NO4/c1-15(22(27)26-21-19(24)8-5-9-20(21)25)30-23(28)17-10-12-18(13-11-17)29-14-16-6-3-2-4-7-16/h2-13,15H,14H2,1H3,(H,26,27)/t15-/m0/s1. The first kappa shape index (κ1) is 21.0. The molecule has 0 spiro atoms. The van der Waals surface area contributed by atoms with E-state index < -0.39 is 35.3 Å². The summed E-state index contributed by atoms with van der Waals surface area (Å²) in [5.41, 5.74) is 0.621. The molecule has 3 aromatic carbocycles. The van der Waals surface area contributed by atoms with Crippen molar-refractivity contribution in [2.75, 3.05) is 5.32 Å². The summed E-state index contributed by atoms with van der Waals surface area (Å²) in [6.45, 7) is 1.69. The van der Waals surface area contributed by atoms with Gasteiger partial charge in [-0.15, -0.1) is 0 Å². The van der Waals surface area contributed by atoms with E-state index in [9.17, 15) is 18.4 Å². The van der Waals surface area contributed by atoms with Crippen molar-refractivity contribution in [1.82, 2.24) is 0 Å². The van der Waals surface area contributed by atoms with Crippen molar-refractivity contribution in [3.8, 4) is 5.75 Å². The average Bonchev–Trinajstić information content (AvgIpc) is 2.75. The summed E-state index contributed by atoms with van der Waals surface area (Å²) in [6.07, 6.45) is -1.26. The van der Waals surface area contributed by atoms with Crippen LogP contribution in [0.5, 0.6) is 5.75 Å². The van der Waals surface area contributed by atoms with Gasteiger partial charge in [0.05, 0.1) is 5.56 Å². The van der Waals surface area contributed by atoms with Crippen LogP contribution in [0.2, 0.25) is 0 Å². The van der Waals surface area contributed by atoms with E-state index in [-0.39, 0.29) is 5.56 Å². The van der Waals surface area contributed by atoms with Crippen LogP contribution >= 0.6 is 0 Å². The normalized spacial score (nSPS) is 11.4. The molecule has 0 saturated carbocycles. The van der Waals surface area contributed by atoms with Gasteiger partial charge < -0.3 is 14.8 Å². The molecule has 1 N–H and O–H groups in total. The zero-order valence-electron chi connectivity index (χ0n) is 16.1. The number of ether oxygens (including phenoxy) is 2. The van der Waals surface area contributed by atoms with Crippen molar-refractivity contribution in [3.05, 3.63) is 95.6 Å². The topological polar surface area (TPSA) is 64.6 Å². The predicted molar refractivity (Wildman–Crippen MR) is 107 cm³/mol. The number of benzene rings is 3. The molecule has 154 valence electrons. The lowest BCUT2D eigenvalue weighted by Crippen LogP contribution is -2.30. The Labute approximate surface area is 172 Å². The number of para-hydroxylation sites is 1. The summed E-state index contributed by atoms with van der Waals surface area (Å²) in [7, 11) is 0. The number of rotatable bonds is 7. The van der Waals surface area contributed by atoms with E-state index in [0.717, 1.165) is 17.7 Å². The van der Waals surface area contributed by atoms with Gasteiger partial charge >= 0.3 is 5.97 Å². The first-order valence-electron chi connectivity index (χ1n) is 9.16. The molecule has 1 amide bonds. The zero-order valence-corrected chi connectivity index (χ0v) is 16.1. The summed E-state index contributed by atoms with van der Waals surface area (Å²) < 4.78 is 38.0. The maximum absolute atomic E-state index is 13.6. The van der Waals surface area contributed by atoms with Gasteiger partial charge in [0, 0.05) is 0 Å². The minimum absolute atomic E-state index is 0.207. The summed E-state index contributed by atoms with van der Waals surface area (Å²) in [6, 6.07) is 19.0. The Morgan fingerprint density at radius 3 is 2.17 bits per heavy atom. The fraction of sp³-hybridized carbons (Fsp3) is 0.130. The van der Waals surface area contributed by atoms with Crippen molar-refractivity contribution in [3.63, 3.8) is 0 Å². The Bertz CT molecular complexity index is 1000. The summed E-state index contributed by atoms with van der Waals surface area (Å²) in [5, 5.41) is 2.09. The molecule has 5 nitrogen and oxygen atoms in total. The van der Waals surface area contributed by atoms with Crippen molar-refractivity contribution < 1.29 is 27.8 Å². The minimum Gasteiger partial charge on any atom is -0.489 e. The molecule has 0 aliphatic heterocycles. The lowest BCUT2D eigenvalue weighted by molar-refractivity contribution is -0.123. The molecule has 0 saturated heterocycles. The number of hydrogen-bond acceptors (Lipinski definition) is 4. The van der Waals surface area contributed by atoms with Crippen LogP contribution in [0.3, 0.4) is 0 Å². The molecule has 0 unspecified atom stereocenters. The number of nitrogens with one attached hydrogen (secondary N) is 1. The number of halogens is 2. The fourth-order valence-electron chi connectivity index (χ4n) is 2.55. The third-order valence-corrected chi connectivity index (χ3v) is 4.20. The Hall–Kier alpha value is -3.74. The van der Waals surface area contributed by atoms with Crippen molar-refractivity contribution >= 4 is 17.6 Å². The van der Waals surface area contributed by atoms with E-state index in [4.69, 9.17) is 9.47 Å². The highest BCUT2D eigenvalue weighted by Gasteiger charge is 2.21. The van der Waals surface area contributed by atoms with Gasteiger partial charge in [0.15, 0.2) is 6.10 Å². The molecular weight excluding hydrogens is 392 g/mol. The van der Waals surface area contributed by atoms with Crippen molar-refractivity contribution in [1.29, 1.82) is 0 Å². The lowest BCUT2D eigenvalue weighted by Gasteiger charge is -2.14. The Morgan fingerprint density at radius 2 is 1.53 bits per heavy atom. The van der Waals surface area contributed by atoms with E-state index in [1.54, 1.807) is 12.1 Å². The molecule has 1 atom stereocenters. The molecule has 0 aliphatic rings. The first-order valence-corrected chi connectivity index (χ1v) is 9.16. The maximum Gasteiger partial charge on any atom is 0.338 e. The second-order valence-corrected chi connectivity index (χ2v) is 6.43. The largest absolute Gasteiger partial charge is 0.489 e. The third kappa shape index (κ3) is 5.41. The van der Waals surface area contributed by atoms with E-state index in [1.807, 2.05) is 30.3 Å². The van der Waals surface area contributed by atoms with Crippen molar-refractivity contribution in [2.24, 2.45) is 0 Å². The smallest absolute Gasteiger partial charge is 0.338 e. The maximum atomic E-state index is 13.6. The van der Waals surface area contributed by atoms with Crippen LogP contribution in [0.1, 0.15) is 22.8 Å². The Kier molecular flexibility index (Phi) is 6.75. The van der Waals surface area contributed by atoms with Crippen LogP contribution in [-0.2, 0) is 16.1 Å². The second kappa shape index (κ2) is 9.65. The van der Waals surface area contributed by atoms with E-state index >= 15 is 0 Å². The molecule has 7 heteroatoms. The molecule has 0 aromatic heterocycles. The number of esters is 1. The van der Waals surface area contributed by atoms with Crippen LogP contribution in [0.4, 0.5) is 14.5 Å². The SMILES string of the molecule is C[C@H](OC(=O)c1ccc(OCc2ccccc2)cc1)C(=O)Nc1c(F)cccc1F. The van der Waals surface area contributed by atoms with Crippen LogP contribution in [0, 0.1) is 11.6 Å². The number of amides is 1. The number of hydrogen-bond donors (Lipinski definition) is 1. The molecule has 3 rings (SSSR count). The van der Waals surface area contributed by atoms with Crippen LogP contribution in [-0.4, -0.2) is 18.0 Å². The molecular formula is C23H19F2NO4. The first-order chi connectivity index (χ1) is 14.4. The summed E-state index contributed by atoms with van der Waals surface area (Å²) in [4.78, 5) is 24.4. The summed E-state index contributed by atoms with van der Waals surface area (Å²) in [5.74, 6) is -2.88. The molecule has 0 aliphatic carbocycles. The Balaban J connectivity index is 1.55. The van der Waals surface area contributed by atoms with Gasteiger partial charge in [-0.2, -0.15) is 0 Å². The quantitative estimate of drug-likeness (QED) is 0.571. The monoisotopic (exact) mass is 411 g/mol. The van der Waals surface area contributed by atoms with Gasteiger partial charge in [0.25, 0.3) is 5.91 Å². The van der Waals surface area contributed by atoms with Gasteiger partial charge in [-0.05, 0) is 48.9 Å². The van der Waals surface area contributed by atoms with Crippen LogP contribution < -0.4 is 10.1 Å². The number of carbonyl (C=O) groups is 2. The lowest BCUT2D eigenvalue weighted by atomic mass is 10.2. The van der Waals surface area contributed by atoms with Gasteiger partial charge in [-0.25, -0.2) is 13.6 Å². The third-order valence-electron chi connectivity index (χ3n) is 4.20. The van der Waals surface area contributed by atoms with Crippen molar-refractivity contribution in [2.45, 2.75) is 19.6 Å². The number of anilines is 1. The average molecular weight is 411 g/mol. The van der Waals surface area contributed by atoms with Gasteiger partial charge in [0.2, 0.25) is 0 Å². The molecule has 0 fully saturated rings. The summed E-state index contributed by atoms with van der Waals surface area (Å²) >= 11 is 0. The van der Waals surface area contributed by atoms with E-state index in [0.29, 0.717) is 12.4 Å².